The number of ether oxygens (including phenoxy) is 1. The molecule has 0 saturated carbocycles. The molecule has 3 rings (SSSR count). The van der Waals surface area contributed by atoms with Crippen LogP contribution in [0.25, 0.3) is 0 Å². The zero-order valence-electron chi connectivity index (χ0n) is 16.1. The summed E-state index contributed by atoms with van der Waals surface area (Å²) in [7, 11) is -3.56. The molecular formula is C17H21ClN4O4S3. The maximum absolute atomic E-state index is 12.7. The number of rotatable bonds is 6. The lowest BCUT2D eigenvalue weighted by Gasteiger charge is -2.21. The first-order valence-corrected chi connectivity index (χ1v) is 12.9. The average molecular weight is 477 g/mol. The lowest BCUT2D eigenvalue weighted by atomic mass is 10.2. The standard InChI is InChI=1S/C17H21ClN4O4S3/c1-10(2)9-27-17-21-20-16(28-17)19-15(23)14-6-7-22(29(3,24)25)12-8-11(18)4-5-13(12)26-14/h4-5,8,10,14H,6-7,9H2,1-3H3,(H,19,20,23)/t14-/m1/s1. The summed E-state index contributed by atoms with van der Waals surface area (Å²) in [5.74, 6) is 1.31. The van der Waals surface area contributed by atoms with Gasteiger partial charge in [-0.05, 0) is 24.1 Å². The fraction of sp³-hybridized carbons (Fsp3) is 0.471. The van der Waals surface area contributed by atoms with E-state index >= 15 is 0 Å². The van der Waals surface area contributed by atoms with Gasteiger partial charge in [-0.25, -0.2) is 8.42 Å². The molecule has 1 amide bonds. The number of aromatic nitrogens is 2. The highest BCUT2D eigenvalue weighted by Gasteiger charge is 2.31. The second-order valence-corrected chi connectivity index (χ2v) is 11.5. The minimum Gasteiger partial charge on any atom is -0.478 e. The number of nitrogens with one attached hydrogen (secondary N) is 1. The molecule has 0 unspecified atom stereocenters. The van der Waals surface area contributed by atoms with Crippen LogP contribution in [0, 0.1) is 5.92 Å². The number of sulfonamides is 1. The van der Waals surface area contributed by atoms with E-state index in [2.05, 4.69) is 29.4 Å². The van der Waals surface area contributed by atoms with Crippen LogP contribution in [-0.2, 0) is 14.8 Å². The van der Waals surface area contributed by atoms with Gasteiger partial charge in [-0.1, -0.05) is 48.5 Å². The number of fused-ring (bicyclic) bond motifs is 1. The summed E-state index contributed by atoms with van der Waals surface area (Å²) in [5, 5.41) is 11.5. The number of amides is 1. The highest BCUT2D eigenvalue weighted by atomic mass is 35.5. The Labute approximate surface area is 183 Å². The van der Waals surface area contributed by atoms with Gasteiger partial charge in [0.2, 0.25) is 15.2 Å². The molecule has 1 aromatic carbocycles. The number of benzene rings is 1. The molecule has 8 nitrogen and oxygen atoms in total. The first-order valence-electron chi connectivity index (χ1n) is 8.84. The van der Waals surface area contributed by atoms with Crippen molar-refractivity contribution < 1.29 is 17.9 Å². The van der Waals surface area contributed by atoms with Crippen molar-refractivity contribution in [3.63, 3.8) is 0 Å². The van der Waals surface area contributed by atoms with E-state index in [9.17, 15) is 13.2 Å². The third-order valence-corrected chi connectivity index (χ3v) is 7.74. The Morgan fingerprint density at radius 3 is 2.90 bits per heavy atom. The number of halogens is 1. The van der Waals surface area contributed by atoms with Gasteiger partial charge in [-0.2, -0.15) is 0 Å². The van der Waals surface area contributed by atoms with Crippen molar-refractivity contribution in [1.82, 2.24) is 10.2 Å². The molecule has 0 spiro atoms. The van der Waals surface area contributed by atoms with Gasteiger partial charge in [0.1, 0.15) is 5.75 Å². The van der Waals surface area contributed by atoms with Crippen molar-refractivity contribution in [3.05, 3.63) is 23.2 Å². The van der Waals surface area contributed by atoms with Crippen molar-refractivity contribution in [1.29, 1.82) is 0 Å². The number of hydrogen-bond donors (Lipinski definition) is 1. The Balaban J connectivity index is 1.75. The highest BCUT2D eigenvalue weighted by Crippen LogP contribution is 2.36. The molecule has 0 fully saturated rings. The van der Waals surface area contributed by atoms with Crippen LogP contribution < -0.4 is 14.4 Å². The zero-order valence-corrected chi connectivity index (χ0v) is 19.3. The van der Waals surface area contributed by atoms with E-state index in [4.69, 9.17) is 16.3 Å². The Hall–Kier alpha value is -1.56. The number of anilines is 2. The number of thioether (sulfide) groups is 1. The van der Waals surface area contributed by atoms with Gasteiger partial charge in [0.25, 0.3) is 5.91 Å². The maximum atomic E-state index is 12.7. The molecule has 29 heavy (non-hydrogen) atoms. The Kier molecular flexibility index (Phi) is 6.92. The smallest absolute Gasteiger partial charge is 0.267 e. The van der Waals surface area contributed by atoms with Crippen LogP contribution in [0.4, 0.5) is 10.8 Å². The molecule has 0 saturated heterocycles. The third kappa shape index (κ3) is 5.74. The van der Waals surface area contributed by atoms with Crippen LogP contribution in [0.5, 0.6) is 5.75 Å². The predicted molar refractivity (Wildman–Crippen MR) is 117 cm³/mol. The van der Waals surface area contributed by atoms with E-state index in [1.165, 1.54) is 21.7 Å². The fourth-order valence-corrected chi connectivity index (χ4v) is 5.46. The molecule has 1 N–H and O–H groups in total. The molecule has 1 atom stereocenters. The second-order valence-electron chi connectivity index (χ2n) is 6.91. The molecule has 1 aliphatic heterocycles. The molecular weight excluding hydrogens is 456 g/mol. The molecule has 2 aromatic rings. The van der Waals surface area contributed by atoms with Crippen LogP contribution in [-0.4, -0.2) is 49.2 Å². The first kappa shape index (κ1) is 22.1. The minimum absolute atomic E-state index is 0.0931. The fourth-order valence-electron chi connectivity index (χ4n) is 2.62. The Bertz CT molecular complexity index is 996. The van der Waals surface area contributed by atoms with Crippen molar-refractivity contribution in [3.8, 4) is 5.75 Å². The number of hydrogen-bond acceptors (Lipinski definition) is 8. The van der Waals surface area contributed by atoms with Crippen molar-refractivity contribution in [2.45, 2.75) is 30.7 Å². The normalized spacial score (nSPS) is 16.9. The monoisotopic (exact) mass is 476 g/mol. The summed E-state index contributed by atoms with van der Waals surface area (Å²) in [5.41, 5.74) is 0.318. The quantitative estimate of drug-likeness (QED) is 0.502. The molecule has 12 heteroatoms. The zero-order chi connectivity index (χ0) is 21.2. The van der Waals surface area contributed by atoms with Gasteiger partial charge in [-0.15, -0.1) is 10.2 Å². The summed E-state index contributed by atoms with van der Waals surface area (Å²) in [4.78, 5) is 12.7. The van der Waals surface area contributed by atoms with Crippen molar-refractivity contribution in [2.75, 3.05) is 28.2 Å². The van der Waals surface area contributed by atoms with Gasteiger partial charge in [0, 0.05) is 23.7 Å². The topological polar surface area (TPSA) is 101 Å². The van der Waals surface area contributed by atoms with Crippen LogP contribution in [0.3, 0.4) is 0 Å². The van der Waals surface area contributed by atoms with Crippen LogP contribution in [0.1, 0.15) is 20.3 Å². The maximum Gasteiger partial charge on any atom is 0.267 e. The number of carbonyl (C=O) groups is 1. The number of nitrogens with zero attached hydrogens (tertiary/aromatic N) is 3. The summed E-state index contributed by atoms with van der Waals surface area (Å²) in [6.07, 6.45) is 0.409. The van der Waals surface area contributed by atoms with Gasteiger partial charge < -0.3 is 4.74 Å². The third-order valence-electron chi connectivity index (χ3n) is 3.92. The minimum atomic E-state index is -3.56. The van der Waals surface area contributed by atoms with Crippen LogP contribution in [0.2, 0.25) is 5.02 Å². The lowest BCUT2D eigenvalue weighted by Crippen LogP contribution is -2.35. The molecule has 1 aromatic heterocycles. The van der Waals surface area contributed by atoms with Gasteiger partial charge >= 0.3 is 0 Å². The van der Waals surface area contributed by atoms with E-state index in [0.717, 1.165) is 16.3 Å². The summed E-state index contributed by atoms with van der Waals surface area (Å²) in [6, 6.07) is 4.67. The van der Waals surface area contributed by atoms with E-state index in [0.29, 0.717) is 21.8 Å². The molecule has 0 radical (unpaired) electrons. The highest BCUT2D eigenvalue weighted by molar-refractivity contribution is 8.01. The largest absolute Gasteiger partial charge is 0.478 e. The molecule has 2 heterocycles. The average Bonchev–Trinajstić information content (AvgIpc) is 2.97. The van der Waals surface area contributed by atoms with E-state index < -0.39 is 22.0 Å². The lowest BCUT2D eigenvalue weighted by molar-refractivity contribution is -0.122. The molecule has 158 valence electrons. The Morgan fingerprint density at radius 1 is 1.45 bits per heavy atom. The van der Waals surface area contributed by atoms with Crippen LogP contribution in [0.15, 0.2) is 22.5 Å². The summed E-state index contributed by atoms with van der Waals surface area (Å²) in [6.45, 7) is 4.33. The van der Waals surface area contributed by atoms with E-state index in [1.807, 2.05) is 0 Å². The molecule has 0 aliphatic carbocycles. The number of carbonyl (C=O) groups excluding carboxylic acids is 1. The van der Waals surface area contributed by atoms with Gasteiger partial charge in [-0.3, -0.25) is 14.4 Å². The first-order chi connectivity index (χ1) is 13.6. The van der Waals surface area contributed by atoms with Crippen molar-refractivity contribution >= 4 is 61.4 Å². The van der Waals surface area contributed by atoms with Gasteiger partial charge in [0.15, 0.2) is 10.4 Å². The van der Waals surface area contributed by atoms with E-state index in [-0.39, 0.29) is 18.7 Å². The second kappa shape index (κ2) is 9.07. The Morgan fingerprint density at radius 2 is 2.21 bits per heavy atom. The van der Waals surface area contributed by atoms with Crippen LogP contribution >= 0.6 is 34.7 Å². The SMILES string of the molecule is CC(C)CSc1nnc(NC(=O)[C@H]2CCN(S(C)(=O)=O)c3cc(Cl)ccc3O2)s1. The van der Waals surface area contributed by atoms with Gasteiger partial charge in [0.05, 0.1) is 11.9 Å². The predicted octanol–water partition coefficient (Wildman–Crippen LogP) is 3.50. The van der Waals surface area contributed by atoms with E-state index in [1.54, 1.807) is 23.9 Å². The molecule has 0 bridgehead atoms. The molecule has 1 aliphatic rings. The summed E-state index contributed by atoms with van der Waals surface area (Å²) < 4.78 is 32.2. The summed E-state index contributed by atoms with van der Waals surface area (Å²) >= 11 is 8.91. The van der Waals surface area contributed by atoms with Crippen molar-refractivity contribution in [2.24, 2.45) is 5.92 Å².